The summed E-state index contributed by atoms with van der Waals surface area (Å²) < 4.78 is 14.7. The molecule has 0 unspecified atom stereocenters. The van der Waals surface area contributed by atoms with E-state index in [1.807, 2.05) is 30.3 Å². The highest BCUT2D eigenvalue weighted by atomic mass is 19.1. The molecule has 0 radical (unpaired) electrons. The molecule has 4 aromatic rings. The quantitative estimate of drug-likeness (QED) is 0.466. The second kappa shape index (κ2) is 10.1. The lowest BCUT2D eigenvalue weighted by Gasteiger charge is -2.36. The number of amides is 1. The van der Waals surface area contributed by atoms with Crippen LogP contribution in [0.1, 0.15) is 5.56 Å². The normalized spacial score (nSPS) is 14.3. The molecule has 1 fully saturated rings. The molecule has 7 nitrogen and oxygen atoms in total. The van der Waals surface area contributed by atoms with Gasteiger partial charge in [-0.2, -0.15) is 0 Å². The summed E-state index contributed by atoms with van der Waals surface area (Å²) in [5.41, 5.74) is 3.03. The molecule has 0 aliphatic carbocycles. The van der Waals surface area contributed by atoms with Crippen LogP contribution in [0.5, 0.6) is 0 Å². The Bertz CT molecular complexity index is 1380. The zero-order valence-electron chi connectivity index (χ0n) is 19.2. The van der Waals surface area contributed by atoms with Crippen molar-refractivity contribution in [2.45, 2.75) is 13.1 Å². The van der Waals surface area contributed by atoms with Crippen LogP contribution in [0, 0.1) is 5.82 Å². The van der Waals surface area contributed by atoms with Gasteiger partial charge in [-0.15, -0.1) is 0 Å². The Balaban J connectivity index is 1.16. The lowest BCUT2D eigenvalue weighted by molar-refractivity contribution is -0.116. The molecule has 2 heterocycles. The summed E-state index contributed by atoms with van der Waals surface area (Å²) >= 11 is 0. The molecule has 0 atom stereocenters. The molecule has 35 heavy (non-hydrogen) atoms. The minimum absolute atomic E-state index is 0.147. The maximum absolute atomic E-state index is 13.5. The first-order chi connectivity index (χ1) is 17.0. The molecule has 178 valence electrons. The highest BCUT2D eigenvalue weighted by Crippen LogP contribution is 2.20. The van der Waals surface area contributed by atoms with Crippen LogP contribution in [0.4, 0.5) is 15.8 Å². The maximum atomic E-state index is 13.5. The highest BCUT2D eigenvalue weighted by molar-refractivity contribution is 5.91. The van der Waals surface area contributed by atoms with Crippen LogP contribution in [0.15, 0.2) is 83.9 Å². The Hall–Kier alpha value is -4.04. The topological polar surface area (TPSA) is 70.5 Å². The Morgan fingerprint density at radius 1 is 0.943 bits per heavy atom. The van der Waals surface area contributed by atoms with Gasteiger partial charge in [0.15, 0.2) is 0 Å². The maximum Gasteiger partial charge on any atom is 0.261 e. The average Bonchev–Trinajstić information content (AvgIpc) is 2.88. The van der Waals surface area contributed by atoms with Gasteiger partial charge in [-0.05, 0) is 48.0 Å². The molecule has 1 amide bonds. The van der Waals surface area contributed by atoms with Gasteiger partial charge in [-0.25, -0.2) is 9.37 Å². The van der Waals surface area contributed by atoms with Gasteiger partial charge >= 0.3 is 0 Å². The standard InChI is InChI=1S/C27H26FN5O2/c28-21-6-11-25-24(16-21)27(35)33(19-29-25)18-26(34)30-22-7-9-23(10-8-22)32-14-12-31(13-15-32)17-20-4-2-1-3-5-20/h1-11,16,19H,12-15,17-18H2,(H,30,34). The molecule has 0 bridgehead atoms. The third kappa shape index (κ3) is 5.38. The molecule has 1 aromatic heterocycles. The van der Waals surface area contributed by atoms with Crippen LogP contribution < -0.4 is 15.8 Å². The predicted molar refractivity (Wildman–Crippen MR) is 135 cm³/mol. The lowest BCUT2D eigenvalue weighted by Crippen LogP contribution is -2.45. The van der Waals surface area contributed by atoms with Crippen molar-refractivity contribution in [1.82, 2.24) is 14.5 Å². The van der Waals surface area contributed by atoms with Crippen molar-refractivity contribution in [2.24, 2.45) is 0 Å². The first-order valence-electron chi connectivity index (χ1n) is 11.6. The van der Waals surface area contributed by atoms with E-state index in [-0.39, 0.29) is 17.8 Å². The largest absolute Gasteiger partial charge is 0.369 e. The number of hydrogen-bond acceptors (Lipinski definition) is 5. The van der Waals surface area contributed by atoms with Gasteiger partial charge in [0.1, 0.15) is 12.4 Å². The Morgan fingerprint density at radius 2 is 1.69 bits per heavy atom. The Kier molecular flexibility index (Phi) is 6.54. The number of anilines is 2. The molecule has 1 N–H and O–H groups in total. The molecule has 0 saturated carbocycles. The fourth-order valence-corrected chi connectivity index (χ4v) is 4.36. The van der Waals surface area contributed by atoms with Gasteiger partial charge in [0.2, 0.25) is 5.91 Å². The number of hydrogen-bond donors (Lipinski definition) is 1. The minimum Gasteiger partial charge on any atom is -0.369 e. The van der Waals surface area contributed by atoms with Crippen LogP contribution in [0.3, 0.4) is 0 Å². The van der Waals surface area contributed by atoms with Gasteiger partial charge in [0, 0.05) is 44.1 Å². The summed E-state index contributed by atoms with van der Waals surface area (Å²) in [7, 11) is 0. The Morgan fingerprint density at radius 3 is 2.43 bits per heavy atom. The van der Waals surface area contributed by atoms with E-state index in [4.69, 9.17) is 0 Å². The third-order valence-electron chi connectivity index (χ3n) is 6.24. The fourth-order valence-electron chi connectivity index (χ4n) is 4.36. The van der Waals surface area contributed by atoms with E-state index in [1.54, 1.807) is 0 Å². The molecular formula is C27H26FN5O2. The van der Waals surface area contributed by atoms with Crippen molar-refractivity contribution in [2.75, 3.05) is 36.4 Å². The lowest BCUT2D eigenvalue weighted by atomic mass is 10.2. The number of carbonyl (C=O) groups is 1. The summed E-state index contributed by atoms with van der Waals surface area (Å²) in [6.45, 7) is 4.62. The predicted octanol–water partition coefficient (Wildman–Crippen LogP) is 3.50. The third-order valence-corrected chi connectivity index (χ3v) is 6.24. The van der Waals surface area contributed by atoms with Crippen molar-refractivity contribution in [1.29, 1.82) is 0 Å². The number of halogens is 1. The summed E-state index contributed by atoms with van der Waals surface area (Å²) in [5, 5.41) is 2.96. The number of carbonyl (C=O) groups excluding carboxylic acids is 1. The number of fused-ring (bicyclic) bond motifs is 1. The van der Waals surface area contributed by atoms with Crippen molar-refractivity contribution in [3.8, 4) is 0 Å². The van der Waals surface area contributed by atoms with Gasteiger partial charge in [0.05, 0.1) is 17.2 Å². The van der Waals surface area contributed by atoms with Crippen LogP contribution in [0.2, 0.25) is 0 Å². The molecule has 8 heteroatoms. The van der Waals surface area contributed by atoms with Crippen molar-refractivity contribution in [3.63, 3.8) is 0 Å². The number of piperazine rings is 1. The van der Waals surface area contributed by atoms with Crippen molar-refractivity contribution >= 4 is 28.2 Å². The number of rotatable bonds is 6. The second-order valence-electron chi connectivity index (χ2n) is 8.68. The summed E-state index contributed by atoms with van der Waals surface area (Å²) in [5.74, 6) is -0.872. The first-order valence-corrected chi connectivity index (χ1v) is 11.6. The average molecular weight is 472 g/mol. The molecule has 1 aliphatic heterocycles. The smallest absolute Gasteiger partial charge is 0.261 e. The number of nitrogens with one attached hydrogen (secondary N) is 1. The number of benzene rings is 3. The molecule has 1 aliphatic rings. The summed E-state index contributed by atoms with van der Waals surface area (Å²) in [4.78, 5) is 34.0. The zero-order chi connectivity index (χ0) is 24.2. The SMILES string of the molecule is O=C(Cn1cnc2ccc(F)cc2c1=O)Nc1ccc(N2CCN(Cc3ccccc3)CC2)cc1. The molecule has 1 saturated heterocycles. The van der Waals surface area contributed by atoms with E-state index in [9.17, 15) is 14.0 Å². The van der Waals surface area contributed by atoms with E-state index in [1.165, 1.54) is 28.6 Å². The second-order valence-corrected chi connectivity index (χ2v) is 8.68. The first kappa shape index (κ1) is 22.7. The fraction of sp³-hybridized carbons (Fsp3) is 0.222. The van der Waals surface area contributed by atoms with Crippen molar-refractivity contribution in [3.05, 3.63) is 101 Å². The number of nitrogens with zero attached hydrogens (tertiary/aromatic N) is 4. The Labute approximate surface area is 202 Å². The van der Waals surface area contributed by atoms with E-state index < -0.39 is 11.4 Å². The van der Waals surface area contributed by atoms with Crippen molar-refractivity contribution < 1.29 is 9.18 Å². The minimum atomic E-state index is -0.517. The molecule has 3 aromatic carbocycles. The molecule has 5 rings (SSSR count). The van der Waals surface area contributed by atoms with E-state index in [0.717, 1.165) is 44.5 Å². The van der Waals surface area contributed by atoms with Gasteiger partial charge in [-0.3, -0.25) is 19.1 Å². The van der Waals surface area contributed by atoms with Gasteiger partial charge in [-0.1, -0.05) is 30.3 Å². The van der Waals surface area contributed by atoms with Crippen LogP contribution in [-0.4, -0.2) is 46.5 Å². The van der Waals surface area contributed by atoms with E-state index in [0.29, 0.717) is 11.2 Å². The molecule has 0 spiro atoms. The highest BCUT2D eigenvalue weighted by Gasteiger charge is 2.17. The number of aromatic nitrogens is 2. The zero-order valence-corrected chi connectivity index (χ0v) is 19.2. The van der Waals surface area contributed by atoms with Gasteiger partial charge in [0.25, 0.3) is 5.56 Å². The van der Waals surface area contributed by atoms with E-state index in [2.05, 4.69) is 44.4 Å². The van der Waals surface area contributed by atoms with Crippen LogP contribution in [-0.2, 0) is 17.9 Å². The molecular weight excluding hydrogens is 445 g/mol. The van der Waals surface area contributed by atoms with E-state index >= 15 is 0 Å². The van der Waals surface area contributed by atoms with Crippen LogP contribution in [0.25, 0.3) is 10.9 Å². The summed E-state index contributed by atoms with van der Waals surface area (Å²) in [6.07, 6.45) is 1.31. The monoisotopic (exact) mass is 471 g/mol. The van der Waals surface area contributed by atoms with Crippen LogP contribution >= 0.6 is 0 Å². The summed E-state index contributed by atoms with van der Waals surface area (Å²) in [6, 6.07) is 22.0. The van der Waals surface area contributed by atoms with Gasteiger partial charge < -0.3 is 10.2 Å².